The van der Waals surface area contributed by atoms with E-state index in [9.17, 15) is 9.59 Å². The lowest BCUT2D eigenvalue weighted by Gasteiger charge is -2.04. The van der Waals surface area contributed by atoms with Crippen LogP contribution in [0.5, 0.6) is 0 Å². The largest absolute Gasteiger partial charge is 0.454 e. The molecule has 2 rings (SSSR count). The first-order chi connectivity index (χ1) is 8.66. The van der Waals surface area contributed by atoms with Crippen molar-refractivity contribution in [1.82, 2.24) is 0 Å². The lowest BCUT2D eigenvalue weighted by atomic mass is 10.1. The van der Waals surface area contributed by atoms with E-state index < -0.39 is 0 Å². The molecule has 0 aliphatic heterocycles. The summed E-state index contributed by atoms with van der Waals surface area (Å²) < 4.78 is 5.91. The maximum absolute atomic E-state index is 11.8. The molecule has 0 heterocycles. The third-order valence-corrected chi connectivity index (χ3v) is 3.33. The van der Waals surface area contributed by atoms with Crippen LogP contribution in [-0.2, 0) is 9.53 Å². The van der Waals surface area contributed by atoms with E-state index in [0.29, 0.717) is 11.1 Å². The summed E-state index contributed by atoms with van der Waals surface area (Å²) in [6.07, 6.45) is 4.55. The van der Waals surface area contributed by atoms with Crippen molar-refractivity contribution in [2.45, 2.75) is 19.3 Å². The molecule has 0 aromatic heterocycles. The number of halogens is 1. The average molecular weight is 309 g/mol. The second-order valence-electron chi connectivity index (χ2n) is 4.13. The van der Waals surface area contributed by atoms with Crippen molar-refractivity contribution >= 4 is 27.7 Å². The number of allylic oxidation sites excluding steroid dienone is 1. The van der Waals surface area contributed by atoms with Crippen LogP contribution in [0.15, 0.2) is 40.4 Å². The smallest absolute Gasteiger partial charge is 0.334 e. The van der Waals surface area contributed by atoms with Crippen molar-refractivity contribution in [3.8, 4) is 0 Å². The average Bonchev–Trinajstić information content (AvgIpc) is 2.90. The summed E-state index contributed by atoms with van der Waals surface area (Å²) in [7, 11) is 0. The molecule has 0 atom stereocenters. The molecule has 1 aliphatic rings. The number of ketones is 1. The van der Waals surface area contributed by atoms with Gasteiger partial charge in [-0.25, -0.2) is 4.79 Å². The van der Waals surface area contributed by atoms with Gasteiger partial charge < -0.3 is 4.74 Å². The van der Waals surface area contributed by atoms with Crippen LogP contribution in [0.2, 0.25) is 0 Å². The van der Waals surface area contributed by atoms with Gasteiger partial charge in [-0.2, -0.15) is 0 Å². The fourth-order valence-electron chi connectivity index (χ4n) is 1.80. The third-order valence-electron chi connectivity index (χ3n) is 2.80. The number of hydrogen-bond acceptors (Lipinski definition) is 3. The summed E-state index contributed by atoms with van der Waals surface area (Å²) >= 11 is 3.30. The van der Waals surface area contributed by atoms with Crippen molar-refractivity contribution in [2.75, 3.05) is 6.61 Å². The van der Waals surface area contributed by atoms with Gasteiger partial charge in [-0.3, -0.25) is 4.79 Å². The molecule has 0 radical (unpaired) electrons. The molecule has 0 amide bonds. The van der Waals surface area contributed by atoms with E-state index in [1.165, 1.54) is 0 Å². The van der Waals surface area contributed by atoms with Crippen LogP contribution in [0.3, 0.4) is 0 Å². The van der Waals surface area contributed by atoms with E-state index in [-0.39, 0.29) is 18.4 Å². The van der Waals surface area contributed by atoms with Gasteiger partial charge in [0, 0.05) is 15.6 Å². The van der Waals surface area contributed by atoms with Crippen molar-refractivity contribution in [3.63, 3.8) is 0 Å². The molecule has 94 valence electrons. The van der Waals surface area contributed by atoms with Crippen molar-refractivity contribution in [2.24, 2.45) is 0 Å². The first-order valence-corrected chi connectivity index (χ1v) is 6.61. The highest BCUT2D eigenvalue weighted by Gasteiger charge is 2.16. The molecule has 0 saturated heterocycles. The first kappa shape index (κ1) is 13.0. The van der Waals surface area contributed by atoms with Crippen LogP contribution in [0.1, 0.15) is 29.6 Å². The highest BCUT2D eigenvalue weighted by Crippen LogP contribution is 2.18. The molecule has 0 unspecified atom stereocenters. The molecular formula is C14H13BrO3. The summed E-state index contributed by atoms with van der Waals surface area (Å²) in [5.41, 5.74) is 1.24. The van der Waals surface area contributed by atoms with Crippen molar-refractivity contribution < 1.29 is 14.3 Å². The first-order valence-electron chi connectivity index (χ1n) is 5.82. The van der Waals surface area contributed by atoms with Gasteiger partial charge in [0.1, 0.15) is 0 Å². The van der Waals surface area contributed by atoms with Crippen LogP contribution in [-0.4, -0.2) is 18.4 Å². The topological polar surface area (TPSA) is 43.4 Å². The Labute approximate surface area is 114 Å². The zero-order valence-corrected chi connectivity index (χ0v) is 11.4. The zero-order valence-electron chi connectivity index (χ0n) is 9.82. The molecule has 0 N–H and O–H groups in total. The fraction of sp³-hybridized carbons (Fsp3) is 0.286. The number of carbonyl (C=O) groups excluding carboxylic acids is 2. The zero-order chi connectivity index (χ0) is 13.0. The van der Waals surface area contributed by atoms with E-state index in [1.54, 1.807) is 24.3 Å². The Morgan fingerprint density at radius 1 is 1.22 bits per heavy atom. The Morgan fingerprint density at radius 2 is 1.94 bits per heavy atom. The van der Waals surface area contributed by atoms with Gasteiger partial charge in [-0.05, 0) is 31.4 Å². The summed E-state index contributed by atoms with van der Waals surface area (Å²) in [6.45, 7) is -0.197. The Bertz CT molecular complexity index is 488. The van der Waals surface area contributed by atoms with Gasteiger partial charge in [-0.1, -0.05) is 34.1 Å². The molecule has 0 fully saturated rings. The molecule has 1 aromatic carbocycles. The fourth-order valence-corrected chi connectivity index (χ4v) is 2.06. The monoisotopic (exact) mass is 308 g/mol. The van der Waals surface area contributed by atoms with E-state index >= 15 is 0 Å². The SMILES string of the molecule is O=C(OCC(=O)c1ccc(Br)cc1)C1=CCCC1. The normalized spacial score (nSPS) is 14.2. The van der Waals surface area contributed by atoms with Gasteiger partial charge in [-0.15, -0.1) is 0 Å². The summed E-state index contributed by atoms with van der Waals surface area (Å²) in [4.78, 5) is 23.3. The van der Waals surface area contributed by atoms with Gasteiger partial charge in [0.2, 0.25) is 0 Å². The summed E-state index contributed by atoms with van der Waals surface area (Å²) in [5, 5.41) is 0. The molecule has 1 aliphatic carbocycles. The number of benzene rings is 1. The van der Waals surface area contributed by atoms with Crippen LogP contribution in [0.25, 0.3) is 0 Å². The third kappa shape index (κ3) is 3.29. The van der Waals surface area contributed by atoms with Crippen molar-refractivity contribution in [3.05, 3.63) is 46.0 Å². The minimum absolute atomic E-state index is 0.186. The van der Waals surface area contributed by atoms with Crippen LogP contribution < -0.4 is 0 Å². The Balaban J connectivity index is 1.88. The molecule has 3 nitrogen and oxygen atoms in total. The molecule has 18 heavy (non-hydrogen) atoms. The quantitative estimate of drug-likeness (QED) is 0.633. The number of ether oxygens (including phenoxy) is 1. The maximum Gasteiger partial charge on any atom is 0.334 e. The van der Waals surface area contributed by atoms with Gasteiger partial charge in [0.05, 0.1) is 0 Å². The Kier molecular flexibility index (Phi) is 4.31. The lowest BCUT2D eigenvalue weighted by Crippen LogP contribution is -2.15. The number of Topliss-reactive ketones (excluding diaryl/α,β-unsaturated/α-hetero) is 1. The molecule has 1 aromatic rings. The maximum atomic E-state index is 11.8. The van der Waals surface area contributed by atoms with Gasteiger partial charge >= 0.3 is 5.97 Å². The van der Waals surface area contributed by atoms with E-state index in [1.807, 2.05) is 6.08 Å². The van der Waals surface area contributed by atoms with E-state index in [2.05, 4.69) is 15.9 Å². The Morgan fingerprint density at radius 3 is 2.56 bits per heavy atom. The minimum atomic E-state index is -0.363. The Hall–Kier alpha value is -1.42. The van der Waals surface area contributed by atoms with E-state index in [4.69, 9.17) is 4.74 Å². The standard InChI is InChI=1S/C14H13BrO3/c15-12-7-5-10(6-8-12)13(16)9-18-14(17)11-3-1-2-4-11/h3,5-8H,1-2,4,9H2. The van der Waals surface area contributed by atoms with Crippen LogP contribution in [0, 0.1) is 0 Å². The predicted molar refractivity (Wildman–Crippen MR) is 71.4 cm³/mol. The lowest BCUT2D eigenvalue weighted by molar-refractivity contribution is -0.138. The molecular weight excluding hydrogens is 296 g/mol. The van der Waals surface area contributed by atoms with Crippen LogP contribution in [0.4, 0.5) is 0 Å². The molecule has 4 heteroatoms. The highest BCUT2D eigenvalue weighted by molar-refractivity contribution is 9.10. The molecule has 0 spiro atoms. The molecule has 0 saturated carbocycles. The number of carbonyl (C=O) groups is 2. The summed E-state index contributed by atoms with van der Waals surface area (Å²) in [5.74, 6) is -0.549. The van der Waals surface area contributed by atoms with E-state index in [0.717, 1.165) is 23.7 Å². The second kappa shape index (κ2) is 5.96. The molecule has 0 bridgehead atoms. The predicted octanol–water partition coefficient (Wildman–Crippen LogP) is 3.29. The minimum Gasteiger partial charge on any atom is -0.454 e. The van der Waals surface area contributed by atoms with Gasteiger partial charge in [0.15, 0.2) is 12.4 Å². The number of hydrogen-bond donors (Lipinski definition) is 0. The summed E-state index contributed by atoms with van der Waals surface area (Å²) in [6, 6.07) is 6.98. The van der Waals surface area contributed by atoms with Crippen molar-refractivity contribution in [1.29, 1.82) is 0 Å². The highest BCUT2D eigenvalue weighted by atomic mass is 79.9. The second-order valence-corrected chi connectivity index (χ2v) is 5.04. The number of esters is 1. The van der Waals surface area contributed by atoms with Crippen LogP contribution >= 0.6 is 15.9 Å². The van der Waals surface area contributed by atoms with Gasteiger partial charge in [0.25, 0.3) is 0 Å². The number of rotatable bonds is 4.